The number of nitrogens with zero attached hydrogens (tertiary/aromatic N) is 1. The number of aryl methyl sites for hydroxylation is 2. The predicted molar refractivity (Wildman–Crippen MR) is 90.3 cm³/mol. The van der Waals surface area contributed by atoms with Crippen LogP contribution in [0.25, 0.3) is 11.1 Å². The predicted octanol–water partition coefficient (Wildman–Crippen LogP) is 3.48. The van der Waals surface area contributed by atoms with Crippen LogP contribution in [0.4, 0.5) is 0 Å². The van der Waals surface area contributed by atoms with Gasteiger partial charge >= 0.3 is 0 Å². The van der Waals surface area contributed by atoms with Gasteiger partial charge in [-0.15, -0.1) is 0 Å². The Balaban J connectivity index is 1.94. The summed E-state index contributed by atoms with van der Waals surface area (Å²) >= 11 is 0. The molecular weight excluding hydrogens is 296 g/mol. The zero-order valence-electron chi connectivity index (χ0n) is 13.1. The molecule has 0 aliphatic heterocycles. The molecule has 1 saturated carbocycles. The van der Waals surface area contributed by atoms with Crippen LogP contribution in [0.1, 0.15) is 37.1 Å². The Morgan fingerprint density at radius 2 is 2.05 bits per heavy atom. The third-order valence-corrected chi connectivity index (χ3v) is 5.98. The van der Waals surface area contributed by atoms with Gasteiger partial charge < -0.3 is 4.52 Å². The van der Waals surface area contributed by atoms with Crippen LogP contribution >= 0.6 is 0 Å². The van der Waals surface area contributed by atoms with Crippen molar-refractivity contribution in [3.8, 4) is 11.1 Å². The average Bonchev–Trinajstić information content (AvgIpc) is 3.09. The molecule has 0 radical (unpaired) electrons. The Bertz CT molecular complexity index is 752. The van der Waals surface area contributed by atoms with Crippen LogP contribution in [-0.4, -0.2) is 21.3 Å². The van der Waals surface area contributed by atoms with Crippen LogP contribution in [0, 0.1) is 13.8 Å². The van der Waals surface area contributed by atoms with E-state index in [-0.39, 0.29) is 0 Å². The highest BCUT2D eigenvalue weighted by Gasteiger charge is 2.20. The first-order valence-corrected chi connectivity index (χ1v) is 9.38. The Morgan fingerprint density at radius 3 is 2.68 bits per heavy atom. The van der Waals surface area contributed by atoms with Crippen molar-refractivity contribution in [1.29, 1.82) is 0 Å². The molecule has 1 aromatic heterocycles. The number of hydrogen-bond donors (Lipinski definition) is 1. The summed E-state index contributed by atoms with van der Waals surface area (Å²) in [4.78, 5) is 0.733. The van der Waals surface area contributed by atoms with Crippen LogP contribution in [0.3, 0.4) is 0 Å². The average molecular weight is 318 g/mol. The Kier molecular flexibility index (Phi) is 4.10. The van der Waals surface area contributed by atoms with Gasteiger partial charge in [-0.25, -0.2) is 8.93 Å². The molecule has 1 aliphatic carbocycles. The first-order valence-electron chi connectivity index (χ1n) is 7.65. The molecule has 0 saturated heterocycles. The maximum absolute atomic E-state index is 13.0. The van der Waals surface area contributed by atoms with Crippen molar-refractivity contribution in [3.05, 3.63) is 35.7 Å². The number of benzene rings is 1. The Morgan fingerprint density at radius 1 is 1.32 bits per heavy atom. The lowest BCUT2D eigenvalue weighted by atomic mass is 10.0. The zero-order valence-corrected chi connectivity index (χ0v) is 13.9. The fraction of sp³-hybridized carbons (Fsp3) is 0.412. The molecule has 0 amide bonds. The summed E-state index contributed by atoms with van der Waals surface area (Å²) in [6.07, 6.45) is 4.56. The van der Waals surface area contributed by atoms with E-state index in [1.807, 2.05) is 38.1 Å². The van der Waals surface area contributed by atoms with E-state index in [2.05, 4.69) is 15.7 Å². The lowest BCUT2D eigenvalue weighted by Gasteiger charge is -2.17. The molecule has 1 aliphatic rings. The zero-order chi connectivity index (χ0) is 15.7. The van der Waals surface area contributed by atoms with Crippen LogP contribution in [0.5, 0.6) is 0 Å². The van der Waals surface area contributed by atoms with E-state index in [0.29, 0.717) is 6.04 Å². The third-order valence-electron chi connectivity index (χ3n) is 4.25. The van der Waals surface area contributed by atoms with E-state index >= 15 is 0 Å². The molecule has 1 atom stereocenters. The topological polar surface area (TPSA) is 55.1 Å². The largest absolute Gasteiger partial charge is 0.361 e. The minimum Gasteiger partial charge on any atom is -0.361 e. The maximum atomic E-state index is 13.0. The van der Waals surface area contributed by atoms with E-state index in [4.69, 9.17) is 4.52 Å². The summed E-state index contributed by atoms with van der Waals surface area (Å²) in [7, 11) is -2.48. The Labute approximate surface area is 132 Å². The van der Waals surface area contributed by atoms with Crippen molar-refractivity contribution >= 4 is 15.6 Å². The first kappa shape index (κ1) is 15.3. The van der Waals surface area contributed by atoms with Gasteiger partial charge in [0.1, 0.15) is 5.76 Å². The number of hydrogen-bond acceptors (Lipinski definition) is 3. The van der Waals surface area contributed by atoms with Crippen LogP contribution < -0.4 is 4.72 Å². The molecule has 1 fully saturated rings. The molecule has 3 rings (SSSR count). The summed E-state index contributed by atoms with van der Waals surface area (Å²) in [6, 6.07) is 8.02. The molecular formula is C17H22N2O2S. The smallest absolute Gasteiger partial charge is 0.141 e. The molecule has 0 spiro atoms. The van der Waals surface area contributed by atoms with Crippen LogP contribution in [-0.2, 0) is 9.71 Å². The molecule has 118 valence electrons. The van der Waals surface area contributed by atoms with Crippen molar-refractivity contribution < 1.29 is 8.73 Å². The van der Waals surface area contributed by atoms with E-state index in [1.165, 1.54) is 12.8 Å². The van der Waals surface area contributed by atoms with Gasteiger partial charge in [-0.3, -0.25) is 0 Å². The summed E-state index contributed by atoms with van der Waals surface area (Å²) in [5, 5.41) is 3.99. The minimum atomic E-state index is -2.48. The molecule has 5 heteroatoms. The number of rotatable bonds is 4. The molecule has 1 aromatic carbocycles. The van der Waals surface area contributed by atoms with Gasteiger partial charge in [-0.05, 0) is 50.3 Å². The van der Waals surface area contributed by atoms with Crippen LogP contribution in [0.2, 0.25) is 0 Å². The SMILES string of the molecule is C=S(=O)(NC1CCCC1)c1cccc(-c2c(C)noc2C)c1. The normalized spacial score (nSPS) is 18.5. The van der Waals surface area contributed by atoms with Gasteiger partial charge in [0.25, 0.3) is 0 Å². The summed E-state index contributed by atoms with van der Waals surface area (Å²) < 4.78 is 21.5. The van der Waals surface area contributed by atoms with E-state index in [0.717, 1.165) is 40.3 Å². The second kappa shape index (κ2) is 5.89. The van der Waals surface area contributed by atoms with Crippen molar-refractivity contribution in [3.63, 3.8) is 0 Å². The fourth-order valence-corrected chi connectivity index (χ4v) is 4.66. The third kappa shape index (κ3) is 2.96. The van der Waals surface area contributed by atoms with Crippen molar-refractivity contribution in [2.24, 2.45) is 0 Å². The number of aromatic nitrogens is 1. The number of nitrogens with one attached hydrogen (secondary N) is 1. The molecule has 2 aromatic rings. The Hall–Kier alpha value is -1.59. The molecule has 1 unspecified atom stereocenters. The van der Waals surface area contributed by atoms with E-state index < -0.39 is 9.71 Å². The van der Waals surface area contributed by atoms with Crippen molar-refractivity contribution in [2.45, 2.75) is 50.5 Å². The highest BCUT2D eigenvalue weighted by atomic mass is 32.2. The summed E-state index contributed by atoms with van der Waals surface area (Å²) in [5.74, 6) is 4.72. The lowest BCUT2D eigenvalue weighted by molar-refractivity contribution is 0.393. The van der Waals surface area contributed by atoms with Gasteiger partial charge in [0.2, 0.25) is 0 Å². The molecule has 1 N–H and O–H groups in total. The first-order chi connectivity index (χ1) is 10.5. The van der Waals surface area contributed by atoms with Gasteiger partial charge in [-0.1, -0.05) is 30.1 Å². The second-order valence-corrected chi connectivity index (χ2v) is 8.06. The summed E-state index contributed by atoms with van der Waals surface area (Å²) in [6.45, 7) is 3.80. The molecule has 0 bridgehead atoms. The van der Waals surface area contributed by atoms with Gasteiger partial charge in [0.15, 0.2) is 0 Å². The van der Waals surface area contributed by atoms with Crippen molar-refractivity contribution in [2.75, 3.05) is 0 Å². The maximum Gasteiger partial charge on any atom is 0.141 e. The molecule has 4 nitrogen and oxygen atoms in total. The van der Waals surface area contributed by atoms with E-state index in [1.54, 1.807) is 0 Å². The second-order valence-electron chi connectivity index (χ2n) is 6.00. The lowest BCUT2D eigenvalue weighted by Crippen LogP contribution is -2.32. The van der Waals surface area contributed by atoms with Gasteiger partial charge in [0.05, 0.1) is 15.4 Å². The summed E-state index contributed by atoms with van der Waals surface area (Å²) in [5.41, 5.74) is 2.78. The highest BCUT2D eigenvalue weighted by molar-refractivity contribution is 7.98. The monoisotopic (exact) mass is 318 g/mol. The molecule has 1 heterocycles. The quantitative estimate of drug-likeness (QED) is 0.878. The molecule has 22 heavy (non-hydrogen) atoms. The highest BCUT2D eigenvalue weighted by Crippen LogP contribution is 2.29. The van der Waals surface area contributed by atoms with Crippen LogP contribution in [0.15, 0.2) is 33.7 Å². The fourth-order valence-electron chi connectivity index (χ4n) is 3.13. The van der Waals surface area contributed by atoms with Gasteiger partial charge in [0, 0.05) is 16.5 Å². The standard InChI is InChI=1S/C17H22N2O2S/c1-12-17(13(2)21-18-12)14-7-6-10-16(11-14)22(3,20)19-15-8-4-5-9-15/h6-7,10-11,15H,3-5,8-9H2,1-2H3,(H,19,20). The van der Waals surface area contributed by atoms with Crippen molar-refractivity contribution in [1.82, 2.24) is 9.88 Å². The minimum absolute atomic E-state index is 0.313. The van der Waals surface area contributed by atoms with E-state index in [9.17, 15) is 4.21 Å². The van der Waals surface area contributed by atoms with Gasteiger partial charge in [-0.2, -0.15) is 0 Å².